The Balaban J connectivity index is 2.15. The lowest BCUT2D eigenvalue weighted by Crippen LogP contribution is -2.09. The van der Waals surface area contributed by atoms with Crippen LogP contribution in [0.4, 0.5) is 11.4 Å². The van der Waals surface area contributed by atoms with Crippen LogP contribution in [0.25, 0.3) is 0 Å². The van der Waals surface area contributed by atoms with Gasteiger partial charge in [0.1, 0.15) is 11.4 Å². The van der Waals surface area contributed by atoms with E-state index in [-0.39, 0.29) is 11.8 Å². The monoisotopic (exact) mass is 286 g/mol. The Morgan fingerprint density at radius 2 is 1.81 bits per heavy atom. The molecule has 2 rings (SSSR count). The summed E-state index contributed by atoms with van der Waals surface area (Å²) in [7, 11) is 0. The van der Waals surface area contributed by atoms with Gasteiger partial charge >= 0.3 is 0 Å². The predicted octanol–water partition coefficient (Wildman–Crippen LogP) is 3.99. The van der Waals surface area contributed by atoms with E-state index in [0.717, 1.165) is 11.3 Å². The van der Waals surface area contributed by atoms with Crippen LogP contribution >= 0.6 is 0 Å². The highest BCUT2D eigenvalue weighted by atomic mass is 16.6. The molecule has 0 aromatic heterocycles. The maximum absolute atomic E-state index is 11.0. The summed E-state index contributed by atoms with van der Waals surface area (Å²) in [6.45, 7) is 4.40. The number of nitrogens with zero attached hydrogens (tertiary/aromatic N) is 1. The van der Waals surface area contributed by atoms with Crippen LogP contribution in [-0.2, 0) is 6.54 Å². The molecule has 2 aromatic carbocycles. The topological polar surface area (TPSA) is 64.4 Å². The minimum atomic E-state index is -0.390. The van der Waals surface area contributed by atoms with Crippen molar-refractivity contribution in [3.63, 3.8) is 0 Å². The maximum atomic E-state index is 11.0. The predicted molar refractivity (Wildman–Crippen MR) is 82.6 cm³/mol. The van der Waals surface area contributed by atoms with Gasteiger partial charge in [0.25, 0.3) is 5.69 Å². The molecular weight excluding hydrogens is 268 g/mol. The number of hydrogen-bond donors (Lipinski definition) is 1. The van der Waals surface area contributed by atoms with E-state index in [4.69, 9.17) is 4.74 Å². The largest absolute Gasteiger partial charge is 0.491 e. The first-order valence-corrected chi connectivity index (χ1v) is 6.80. The highest BCUT2D eigenvalue weighted by molar-refractivity contribution is 5.61. The molecule has 0 fully saturated rings. The van der Waals surface area contributed by atoms with Crippen LogP contribution in [-0.4, -0.2) is 11.0 Å². The highest BCUT2D eigenvalue weighted by Crippen LogP contribution is 2.26. The van der Waals surface area contributed by atoms with Crippen LogP contribution in [0.1, 0.15) is 19.4 Å². The normalized spacial score (nSPS) is 10.4. The Hall–Kier alpha value is -2.56. The summed E-state index contributed by atoms with van der Waals surface area (Å²) in [6.07, 6.45) is 0.0808. The molecule has 0 heterocycles. The van der Waals surface area contributed by atoms with Crippen LogP contribution < -0.4 is 10.1 Å². The lowest BCUT2D eigenvalue weighted by Gasteiger charge is -2.15. The molecule has 0 amide bonds. The number of rotatable bonds is 6. The molecule has 1 N–H and O–H groups in total. The van der Waals surface area contributed by atoms with Crippen LogP contribution in [0.2, 0.25) is 0 Å². The number of nitro benzene ring substituents is 1. The van der Waals surface area contributed by atoms with Crippen LogP contribution in [0.3, 0.4) is 0 Å². The molecule has 0 aliphatic rings. The zero-order valence-corrected chi connectivity index (χ0v) is 12.1. The van der Waals surface area contributed by atoms with Crippen molar-refractivity contribution in [2.45, 2.75) is 26.5 Å². The molecule has 0 saturated heterocycles. The smallest absolute Gasteiger partial charge is 0.292 e. The van der Waals surface area contributed by atoms with Gasteiger partial charge < -0.3 is 10.1 Å². The average molecular weight is 286 g/mol. The minimum absolute atomic E-state index is 0.0692. The van der Waals surface area contributed by atoms with Gasteiger partial charge in [0.15, 0.2) is 0 Å². The first-order valence-electron chi connectivity index (χ1n) is 6.80. The quantitative estimate of drug-likeness (QED) is 0.644. The number of para-hydroxylation sites is 3. The van der Waals surface area contributed by atoms with Gasteiger partial charge in [-0.3, -0.25) is 10.1 Å². The third-order valence-electron chi connectivity index (χ3n) is 2.91. The molecule has 110 valence electrons. The van der Waals surface area contributed by atoms with Crippen molar-refractivity contribution >= 4 is 11.4 Å². The zero-order chi connectivity index (χ0) is 15.2. The molecule has 5 heteroatoms. The van der Waals surface area contributed by atoms with E-state index < -0.39 is 4.92 Å². The summed E-state index contributed by atoms with van der Waals surface area (Å²) >= 11 is 0. The van der Waals surface area contributed by atoms with E-state index in [2.05, 4.69) is 5.32 Å². The number of nitro groups is 1. The first kappa shape index (κ1) is 14.8. The molecule has 0 aliphatic carbocycles. The van der Waals surface area contributed by atoms with E-state index >= 15 is 0 Å². The van der Waals surface area contributed by atoms with Crippen molar-refractivity contribution in [2.75, 3.05) is 5.32 Å². The summed E-state index contributed by atoms with van der Waals surface area (Å²) < 4.78 is 5.74. The van der Waals surface area contributed by atoms with Gasteiger partial charge in [-0.05, 0) is 26.0 Å². The Morgan fingerprint density at radius 1 is 1.14 bits per heavy atom. The molecule has 0 saturated carbocycles. The summed E-state index contributed by atoms with van der Waals surface area (Å²) in [5.74, 6) is 0.790. The highest BCUT2D eigenvalue weighted by Gasteiger charge is 2.12. The maximum Gasteiger partial charge on any atom is 0.292 e. The van der Waals surface area contributed by atoms with Crippen molar-refractivity contribution in [2.24, 2.45) is 0 Å². The fourth-order valence-electron chi connectivity index (χ4n) is 1.99. The SMILES string of the molecule is CC(C)Oc1ccccc1CNc1ccccc1[N+](=O)[O-]. The third kappa shape index (κ3) is 3.95. The van der Waals surface area contributed by atoms with E-state index in [1.54, 1.807) is 18.2 Å². The Labute approximate surface area is 123 Å². The molecule has 21 heavy (non-hydrogen) atoms. The number of nitrogens with one attached hydrogen (secondary N) is 1. The molecule has 0 spiro atoms. The Morgan fingerprint density at radius 3 is 2.52 bits per heavy atom. The molecule has 2 aromatic rings. The molecule has 0 bridgehead atoms. The average Bonchev–Trinajstić information content (AvgIpc) is 2.46. The molecule has 0 unspecified atom stereocenters. The van der Waals surface area contributed by atoms with Crippen LogP contribution in [0, 0.1) is 10.1 Å². The van der Waals surface area contributed by atoms with Gasteiger partial charge in [-0.1, -0.05) is 30.3 Å². The number of ether oxygens (including phenoxy) is 1. The van der Waals surface area contributed by atoms with Crippen molar-refractivity contribution in [3.8, 4) is 5.75 Å². The van der Waals surface area contributed by atoms with E-state index in [0.29, 0.717) is 12.2 Å². The minimum Gasteiger partial charge on any atom is -0.491 e. The molecule has 0 atom stereocenters. The summed E-state index contributed by atoms with van der Waals surface area (Å²) in [5.41, 5.74) is 1.53. The van der Waals surface area contributed by atoms with Gasteiger partial charge in [0, 0.05) is 18.2 Å². The zero-order valence-electron chi connectivity index (χ0n) is 12.1. The molecule has 0 aliphatic heterocycles. The Kier molecular flexibility index (Phi) is 4.77. The standard InChI is InChI=1S/C16H18N2O3/c1-12(2)21-16-10-6-3-7-13(16)11-17-14-8-4-5-9-15(14)18(19)20/h3-10,12,17H,11H2,1-2H3. The second-order valence-electron chi connectivity index (χ2n) is 4.90. The summed E-state index contributed by atoms with van der Waals surface area (Å²) in [5, 5.41) is 14.1. The first-order chi connectivity index (χ1) is 10.1. The van der Waals surface area contributed by atoms with Crippen LogP contribution in [0.5, 0.6) is 5.75 Å². The van der Waals surface area contributed by atoms with Crippen molar-refractivity contribution in [1.29, 1.82) is 0 Å². The number of hydrogen-bond acceptors (Lipinski definition) is 4. The number of benzene rings is 2. The van der Waals surface area contributed by atoms with E-state index in [9.17, 15) is 10.1 Å². The summed E-state index contributed by atoms with van der Waals surface area (Å²) in [6, 6.07) is 14.3. The third-order valence-corrected chi connectivity index (χ3v) is 2.91. The molecule has 0 radical (unpaired) electrons. The van der Waals surface area contributed by atoms with Crippen molar-refractivity contribution in [1.82, 2.24) is 0 Å². The Bertz CT molecular complexity index is 626. The lowest BCUT2D eigenvalue weighted by molar-refractivity contribution is -0.384. The fourth-order valence-corrected chi connectivity index (χ4v) is 1.99. The molecule has 5 nitrogen and oxygen atoms in total. The van der Waals surface area contributed by atoms with Gasteiger partial charge in [0.2, 0.25) is 0 Å². The fraction of sp³-hybridized carbons (Fsp3) is 0.250. The van der Waals surface area contributed by atoms with Gasteiger partial charge in [-0.2, -0.15) is 0 Å². The van der Waals surface area contributed by atoms with Gasteiger partial charge in [-0.25, -0.2) is 0 Å². The second-order valence-corrected chi connectivity index (χ2v) is 4.90. The van der Waals surface area contributed by atoms with Crippen molar-refractivity contribution in [3.05, 3.63) is 64.2 Å². The van der Waals surface area contributed by atoms with Crippen LogP contribution in [0.15, 0.2) is 48.5 Å². The van der Waals surface area contributed by atoms with E-state index in [1.165, 1.54) is 6.07 Å². The van der Waals surface area contributed by atoms with Gasteiger partial charge in [-0.15, -0.1) is 0 Å². The van der Waals surface area contributed by atoms with Crippen molar-refractivity contribution < 1.29 is 9.66 Å². The molecular formula is C16H18N2O3. The van der Waals surface area contributed by atoms with E-state index in [1.807, 2.05) is 38.1 Å². The second kappa shape index (κ2) is 6.74. The van der Waals surface area contributed by atoms with Gasteiger partial charge in [0.05, 0.1) is 11.0 Å². The summed E-state index contributed by atoms with van der Waals surface area (Å²) in [4.78, 5) is 10.6. The lowest BCUT2D eigenvalue weighted by atomic mass is 10.2. The number of anilines is 1.